The van der Waals surface area contributed by atoms with Gasteiger partial charge in [0.1, 0.15) is 11.2 Å². The highest BCUT2D eigenvalue weighted by Gasteiger charge is 2.70. The summed E-state index contributed by atoms with van der Waals surface area (Å²) in [5, 5.41) is 12.0. The fourth-order valence-corrected chi connectivity index (χ4v) is 11.7. The number of nitrogens with zero attached hydrogens (tertiary/aromatic N) is 1. The van der Waals surface area contributed by atoms with Crippen molar-refractivity contribution in [3.8, 4) is 0 Å². The number of rotatable bonds is 3. The van der Waals surface area contributed by atoms with E-state index in [-0.39, 0.29) is 40.8 Å². The SMILES string of the molecule is CC(=O)Nc1ccccn1.CC(C)C1=C2[C@H]3CC[C@@H]4[C@@]5(C)CCCC(C)(C)[C@@H]5CC[C@@]4(C)[C@]3(C)CC[C@@]2(C(=O)OO)CC1=O. The number of allylic oxidation sites excluding steroid dienone is 1. The summed E-state index contributed by atoms with van der Waals surface area (Å²) in [4.78, 5) is 45.1. The number of Topliss-reactive ketones (excluding diaryl/α,β-unsaturated/α-hetero) is 1. The summed E-state index contributed by atoms with van der Waals surface area (Å²) in [5.41, 5.74) is 1.96. The zero-order chi connectivity index (χ0) is 32.3. The third-order valence-corrected chi connectivity index (χ3v) is 13.6. The van der Waals surface area contributed by atoms with E-state index in [2.05, 4.69) is 63.7 Å². The van der Waals surface area contributed by atoms with Crippen LogP contribution in [0.3, 0.4) is 0 Å². The molecule has 4 fully saturated rings. The first-order chi connectivity index (χ1) is 20.6. The predicted molar refractivity (Wildman–Crippen MR) is 171 cm³/mol. The van der Waals surface area contributed by atoms with Gasteiger partial charge in [0, 0.05) is 19.5 Å². The molecule has 1 heterocycles. The lowest BCUT2D eigenvalue weighted by atomic mass is 9.33. The zero-order valence-electron chi connectivity index (χ0n) is 28.2. The van der Waals surface area contributed by atoms with Gasteiger partial charge in [0.25, 0.3) is 0 Å². The van der Waals surface area contributed by atoms with Gasteiger partial charge in [-0.1, -0.05) is 61.0 Å². The second-order valence-electron chi connectivity index (χ2n) is 16.4. The van der Waals surface area contributed by atoms with E-state index in [1.165, 1.54) is 45.4 Å². The highest BCUT2D eigenvalue weighted by atomic mass is 17.1. The number of amides is 1. The molecule has 0 aliphatic heterocycles. The molecule has 0 spiro atoms. The quantitative estimate of drug-likeness (QED) is 0.264. The number of aromatic nitrogens is 1. The molecule has 44 heavy (non-hydrogen) atoms. The number of carbonyl (C=O) groups is 3. The number of pyridine rings is 1. The van der Waals surface area contributed by atoms with Crippen LogP contribution in [0.25, 0.3) is 0 Å². The van der Waals surface area contributed by atoms with Gasteiger partial charge < -0.3 is 10.2 Å². The van der Waals surface area contributed by atoms with Gasteiger partial charge in [-0.25, -0.2) is 9.78 Å². The molecule has 4 saturated carbocycles. The third kappa shape index (κ3) is 4.87. The van der Waals surface area contributed by atoms with Crippen LogP contribution in [0.4, 0.5) is 5.82 Å². The Labute approximate surface area is 263 Å². The average Bonchev–Trinajstić information content (AvgIpc) is 3.26. The Bertz CT molecular complexity index is 1340. The van der Waals surface area contributed by atoms with E-state index in [9.17, 15) is 19.6 Å². The summed E-state index contributed by atoms with van der Waals surface area (Å²) < 4.78 is 0. The topological polar surface area (TPSA) is 106 Å². The van der Waals surface area contributed by atoms with E-state index in [4.69, 9.17) is 0 Å². The monoisotopic (exact) mass is 606 g/mol. The molecule has 1 aromatic heterocycles. The van der Waals surface area contributed by atoms with Crippen LogP contribution in [0.15, 0.2) is 35.5 Å². The van der Waals surface area contributed by atoms with Crippen molar-refractivity contribution < 1.29 is 24.5 Å². The minimum atomic E-state index is -0.952. The maximum absolute atomic E-state index is 13.3. The first kappa shape index (κ1) is 32.8. The van der Waals surface area contributed by atoms with Crippen LogP contribution < -0.4 is 5.32 Å². The molecule has 6 rings (SSSR count). The summed E-state index contributed by atoms with van der Waals surface area (Å²) >= 11 is 0. The predicted octanol–water partition coefficient (Wildman–Crippen LogP) is 8.41. The highest BCUT2D eigenvalue weighted by molar-refractivity contribution is 6.05. The standard InChI is InChI=1S/C30H46O4.C7H8N2O/c1-18(2)23-20(31)17-30(25(32)34-33)16-15-28(6)19(24(23)30)9-10-22-27(5)13-8-12-26(3,4)21(27)11-14-29(22,28)7;1-6(10)9-7-4-2-3-5-8-7/h18-19,21-22,33H,8-17H2,1-7H3;2-5H,1H3,(H,8,9,10)/t19-,21+,22-,27+,28-,29-,30-;/m1./s1. The number of hydrogen-bond donors (Lipinski definition) is 2. The second kappa shape index (κ2) is 11.4. The lowest BCUT2D eigenvalue weighted by Gasteiger charge is -2.71. The number of carbonyl (C=O) groups excluding carboxylic acids is 3. The van der Waals surface area contributed by atoms with E-state index in [1.54, 1.807) is 18.3 Å². The van der Waals surface area contributed by atoms with Crippen molar-refractivity contribution in [1.82, 2.24) is 4.98 Å². The Kier molecular flexibility index (Phi) is 8.48. The summed E-state index contributed by atoms with van der Waals surface area (Å²) in [6.07, 6.45) is 12.1. The first-order valence-corrected chi connectivity index (χ1v) is 16.9. The number of ketones is 1. The Morgan fingerprint density at radius 1 is 0.955 bits per heavy atom. The van der Waals surface area contributed by atoms with Crippen molar-refractivity contribution in [3.63, 3.8) is 0 Å². The summed E-state index contributed by atoms with van der Waals surface area (Å²) in [5.74, 6) is 1.73. The largest absolute Gasteiger partial charge is 0.352 e. The van der Waals surface area contributed by atoms with Gasteiger partial charge >= 0.3 is 5.97 Å². The molecule has 1 amide bonds. The highest BCUT2D eigenvalue weighted by Crippen LogP contribution is 2.76. The van der Waals surface area contributed by atoms with Gasteiger partial charge in [0.05, 0.1) is 0 Å². The molecule has 0 radical (unpaired) electrons. The molecule has 0 saturated heterocycles. The molecule has 5 aliphatic carbocycles. The van der Waals surface area contributed by atoms with Gasteiger partial charge in [-0.2, -0.15) is 5.26 Å². The van der Waals surface area contributed by atoms with Crippen LogP contribution in [0.2, 0.25) is 0 Å². The molecule has 5 aliphatic rings. The lowest BCUT2D eigenvalue weighted by molar-refractivity contribution is -0.250. The fraction of sp³-hybridized carbons (Fsp3) is 0.730. The number of hydrogen-bond acceptors (Lipinski definition) is 6. The minimum Gasteiger partial charge on any atom is -0.311 e. The van der Waals surface area contributed by atoms with Gasteiger partial charge in [-0.15, -0.1) is 0 Å². The van der Waals surface area contributed by atoms with Crippen LogP contribution in [-0.4, -0.2) is 27.9 Å². The molecule has 7 heteroatoms. The Morgan fingerprint density at radius 2 is 1.68 bits per heavy atom. The van der Waals surface area contributed by atoms with Crippen LogP contribution in [0, 0.1) is 50.7 Å². The van der Waals surface area contributed by atoms with Crippen molar-refractivity contribution in [2.24, 2.45) is 50.7 Å². The fourth-order valence-electron chi connectivity index (χ4n) is 11.7. The molecular weight excluding hydrogens is 552 g/mol. The molecule has 7 nitrogen and oxygen atoms in total. The summed E-state index contributed by atoms with van der Waals surface area (Å²) in [7, 11) is 0. The van der Waals surface area contributed by atoms with E-state index >= 15 is 0 Å². The molecule has 0 aromatic carbocycles. The molecule has 0 bridgehead atoms. The zero-order valence-corrected chi connectivity index (χ0v) is 28.2. The van der Waals surface area contributed by atoms with E-state index < -0.39 is 11.4 Å². The first-order valence-electron chi connectivity index (χ1n) is 16.9. The maximum Gasteiger partial charge on any atom is 0.352 e. The Morgan fingerprint density at radius 3 is 2.30 bits per heavy atom. The van der Waals surface area contributed by atoms with Crippen molar-refractivity contribution in [2.45, 2.75) is 120 Å². The smallest absolute Gasteiger partial charge is 0.311 e. The van der Waals surface area contributed by atoms with Gasteiger partial charge in [-0.3, -0.25) is 9.59 Å². The molecule has 2 N–H and O–H groups in total. The second-order valence-corrected chi connectivity index (χ2v) is 16.4. The van der Waals surface area contributed by atoms with E-state index in [1.807, 2.05) is 6.07 Å². The average molecular weight is 607 g/mol. The molecular formula is C37H54N2O5. The molecule has 0 unspecified atom stereocenters. The van der Waals surface area contributed by atoms with E-state index in [0.29, 0.717) is 29.0 Å². The molecule has 242 valence electrons. The Hall–Kier alpha value is -2.54. The number of fused-ring (bicyclic) bond motifs is 7. The van der Waals surface area contributed by atoms with Crippen LogP contribution in [0.5, 0.6) is 0 Å². The summed E-state index contributed by atoms with van der Waals surface area (Å²) in [6.45, 7) is 18.3. The lowest BCUT2D eigenvalue weighted by Crippen LogP contribution is -2.64. The molecule has 1 aromatic rings. The van der Waals surface area contributed by atoms with Crippen molar-refractivity contribution in [3.05, 3.63) is 35.5 Å². The van der Waals surface area contributed by atoms with Gasteiger partial charge in [0.2, 0.25) is 5.91 Å². The maximum atomic E-state index is 13.3. The van der Waals surface area contributed by atoms with Gasteiger partial charge in [-0.05, 0) is 120 Å². The summed E-state index contributed by atoms with van der Waals surface area (Å²) in [6, 6.07) is 5.35. The van der Waals surface area contributed by atoms with Gasteiger partial charge in [0.15, 0.2) is 5.78 Å². The number of nitrogens with one attached hydrogen (secondary N) is 1. The van der Waals surface area contributed by atoms with Crippen molar-refractivity contribution in [1.29, 1.82) is 0 Å². The third-order valence-electron chi connectivity index (χ3n) is 13.6. The minimum absolute atomic E-state index is 0.0464. The van der Waals surface area contributed by atoms with Crippen molar-refractivity contribution >= 4 is 23.5 Å². The molecule has 7 atom stereocenters. The Balaban J connectivity index is 0.000000328. The normalized spacial score (nSPS) is 38.8. The van der Waals surface area contributed by atoms with Crippen molar-refractivity contribution in [2.75, 3.05) is 5.32 Å². The van der Waals surface area contributed by atoms with Crippen LogP contribution >= 0.6 is 0 Å². The number of anilines is 1. The van der Waals surface area contributed by atoms with E-state index in [0.717, 1.165) is 29.9 Å². The van der Waals surface area contributed by atoms with Crippen LogP contribution in [0.1, 0.15) is 120 Å². The van der Waals surface area contributed by atoms with Crippen LogP contribution in [-0.2, 0) is 19.3 Å².